The van der Waals surface area contributed by atoms with Crippen molar-refractivity contribution in [3.8, 4) is 0 Å². The number of amides is 1. The number of nitrogens with zero attached hydrogens (tertiary/aromatic N) is 2. The number of morpholine rings is 1. The molecule has 0 aromatic heterocycles. The zero-order valence-corrected chi connectivity index (χ0v) is 16.2. The molecule has 0 bridgehead atoms. The average molecular weight is 371 g/mol. The lowest BCUT2D eigenvalue weighted by Crippen LogP contribution is -2.57. The maximum atomic E-state index is 13.2. The maximum absolute atomic E-state index is 13.2. The Morgan fingerprint density at radius 3 is 2.56 bits per heavy atom. The number of carbonyl (C=O) groups is 2. The average Bonchev–Trinajstić information content (AvgIpc) is 2.98. The molecule has 6 nitrogen and oxygen atoms in total. The van der Waals surface area contributed by atoms with E-state index in [9.17, 15) is 9.59 Å². The number of thioether (sulfide) groups is 1. The quantitative estimate of drug-likeness (QED) is 0.703. The molecule has 0 N–H and O–H groups in total. The van der Waals surface area contributed by atoms with Gasteiger partial charge in [0.25, 0.3) is 0 Å². The van der Waals surface area contributed by atoms with E-state index < -0.39 is 6.04 Å². The summed E-state index contributed by atoms with van der Waals surface area (Å²) in [4.78, 5) is 29.5. The van der Waals surface area contributed by atoms with Crippen LogP contribution < -0.4 is 0 Å². The molecule has 1 saturated carbocycles. The molecule has 0 radical (unpaired) electrons. The number of rotatable bonds is 4. The monoisotopic (exact) mass is 370 g/mol. The lowest BCUT2D eigenvalue weighted by atomic mass is 9.85. The van der Waals surface area contributed by atoms with E-state index in [1.807, 2.05) is 11.8 Å². The second-order valence-electron chi connectivity index (χ2n) is 7.36. The molecule has 1 amide bonds. The van der Waals surface area contributed by atoms with Crippen LogP contribution in [0.2, 0.25) is 0 Å². The van der Waals surface area contributed by atoms with Gasteiger partial charge in [0.2, 0.25) is 5.91 Å². The summed E-state index contributed by atoms with van der Waals surface area (Å²) in [7, 11) is 0. The predicted molar refractivity (Wildman–Crippen MR) is 97.3 cm³/mol. The number of esters is 1. The van der Waals surface area contributed by atoms with Crippen molar-refractivity contribution < 1.29 is 19.1 Å². The van der Waals surface area contributed by atoms with Crippen molar-refractivity contribution in [1.29, 1.82) is 0 Å². The van der Waals surface area contributed by atoms with Gasteiger partial charge in [-0.05, 0) is 38.5 Å². The van der Waals surface area contributed by atoms with Gasteiger partial charge in [-0.2, -0.15) is 0 Å². The Balaban J connectivity index is 1.76. The molecule has 3 aliphatic rings. The van der Waals surface area contributed by atoms with Crippen molar-refractivity contribution >= 4 is 23.6 Å². The van der Waals surface area contributed by atoms with E-state index in [2.05, 4.69) is 11.8 Å². The van der Waals surface area contributed by atoms with Crippen LogP contribution in [0.15, 0.2) is 0 Å². The van der Waals surface area contributed by atoms with Gasteiger partial charge in [-0.25, -0.2) is 4.79 Å². The summed E-state index contributed by atoms with van der Waals surface area (Å²) >= 11 is 1.79. The zero-order chi connectivity index (χ0) is 17.9. The Hall–Kier alpha value is -0.790. The summed E-state index contributed by atoms with van der Waals surface area (Å²) < 4.78 is 10.6. The van der Waals surface area contributed by atoms with Gasteiger partial charge in [0.05, 0.1) is 31.2 Å². The molecular formula is C18H30N2O4S. The van der Waals surface area contributed by atoms with Crippen LogP contribution in [0, 0.1) is 5.92 Å². The molecular weight excluding hydrogens is 340 g/mol. The smallest absolute Gasteiger partial charge is 0.329 e. The van der Waals surface area contributed by atoms with Crippen molar-refractivity contribution in [3.05, 3.63) is 0 Å². The Bertz CT molecular complexity index is 487. The van der Waals surface area contributed by atoms with Gasteiger partial charge in [-0.1, -0.05) is 6.92 Å². The van der Waals surface area contributed by atoms with Crippen LogP contribution in [0.3, 0.4) is 0 Å². The lowest BCUT2D eigenvalue weighted by Gasteiger charge is -2.44. The third kappa shape index (κ3) is 4.14. The van der Waals surface area contributed by atoms with E-state index in [-0.39, 0.29) is 16.7 Å². The standard InChI is InChI=1S/C18H30N2O4S/c1-3-24-17(22)15-13-25-18(6-4-14(2)5-7-18)20(15)16(21)12-19-8-10-23-11-9-19/h14-15H,3-13H2,1-2H3. The van der Waals surface area contributed by atoms with Crippen molar-refractivity contribution in [1.82, 2.24) is 9.80 Å². The molecule has 3 rings (SSSR count). The van der Waals surface area contributed by atoms with Gasteiger partial charge >= 0.3 is 5.97 Å². The molecule has 1 unspecified atom stereocenters. The summed E-state index contributed by atoms with van der Waals surface area (Å²) in [5.41, 5.74) is 0. The predicted octanol–water partition coefficient (Wildman–Crippen LogP) is 1.73. The van der Waals surface area contributed by atoms with Crippen molar-refractivity contribution in [2.24, 2.45) is 5.92 Å². The molecule has 25 heavy (non-hydrogen) atoms. The topological polar surface area (TPSA) is 59.1 Å². The van der Waals surface area contributed by atoms with Crippen molar-refractivity contribution in [2.75, 3.05) is 45.2 Å². The van der Waals surface area contributed by atoms with Crippen LogP contribution in [0.1, 0.15) is 39.5 Å². The lowest BCUT2D eigenvalue weighted by molar-refractivity contribution is -0.157. The zero-order valence-electron chi connectivity index (χ0n) is 15.4. The van der Waals surface area contributed by atoms with Crippen LogP contribution in [0.25, 0.3) is 0 Å². The van der Waals surface area contributed by atoms with Gasteiger partial charge in [-0.3, -0.25) is 9.69 Å². The van der Waals surface area contributed by atoms with Crippen LogP contribution in [0.5, 0.6) is 0 Å². The van der Waals surface area contributed by atoms with Crippen molar-refractivity contribution in [3.63, 3.8) is 0 Å². The van der Waals surface area contributed by atoms with Crippen LogP contribution in [-0.2, 0) is 19.1 Å². The van der Waals surface area contributed by atoms with Crippen LogP contribution >= 0.6 is 11.8 Å². The Labute approximate surface area is 154 Å². The highest BCUT2D eigenvalue weighted by Crippen LogP contribution is 2.50. The van der Waals surface area contributed by atoms with Crippen LogP contribution in [0.4, 0.5) is 0 Å². The summed E-state index contributed by atoms with van der Waals surface area (Å²) in [5, 5.41) is 0. The first kappa shape index (κ1) is 19.0. The highest BCUT2D eigenvalue weighted by Gasteiger charge is 2.53. The summed E-state index contributed by atoms with van der Waals surface area (Å²) in [6, 6.07) is -0.438. The third-order valence-electron chi connectivity index (χ3n) is 5.61. The molecule has 2 aliphatic heterocycles. The van der Waals surface area contributed by atoms with E-state index in [0.29, 0.717) is 38.0 Å². The minimum atomic E-state index is -0.438. The second-order valence-corrected chi connectivity index (χ2v) is 8.74. The number of hydrogen-bond donors (Lipinski definition) is 0. The Morgan fingerprint density at radius 1 is 1.24 bits per heavy atom. The summed E-state index contributed by atoms with van der Waals surface area (Å²) in [5.74, 6) is 1.17. The minimum absolute atomic E-state index is 0.0690. The summed E-state index contributed by atoms with van der Waals surface area (Å²) in [6.45, 7) is 7.72. The van der Waals surface area contributed by atoms with Gasteiger partial charge in [0.15, 0.2) is 0 Å². The fraction of sp³-hybridized carbons (Fsp3) is 0.889. The second kappa shape index (κ2) is 8.27. The first-order valence-electron chi connectivity index (χ1n) is 9.48. The number of hydrogen-bond acceptors (Lipinski definition) is 6. The van der Waals surface area contributed by atoms with Crippen molar-refractivity contribution in [2.45, 2.75) is 50.4 Å². The van der Waals surface area contributed by atoms with Gasteiger partial charge < -0.3 is 14.4 Å². The normalized spacial score (nSPS) is 33.6. The largest absolute Gasteiger partial charge is 0.464 e. The van der Waals surface area contributed by atoms with Gasteiger partial charge in [0, 0.05) is 18.8 Å². The SMILES string of the molecule is CCOC(=O)C1CSC2(CCC(C)CC2)N1C(=O)CN1CCOCC1. The number of carbonyl (C=O) groups excluding carboxylic acids is 2. The minimum Gasteiger partial charge on any atom is -0.464 e. The van der Waals surface area contributed by atoms with E-state index in [1.165, 1.54) is 0 Å². The summed E-state index contributed by atoms with van der Waals surface area (Å²) in [6.07, 6.45) is 4.18. The molecule has 3 fully saturated rings. The fourth-order valence-corrected chi connectivity index (χ4v) is 5.75. The Kier molecular flexibility index (Phi) is 6.28. The first-order valence-corrected chi connectivity index (χ1v) is 10.5. The van der Waals surface area contributed by atoms with E-state index in [4.69, 9.17) is 9.47 Å². The molecule has 1 spiro atoms. The van der Waals surface area contributed by atoms with Gasteiger partial charge in [0.1, 0.15) is 6.04 Å². The van der Waals surface area contributed by atoms with E-state index in [1.54, 1.807) is 11.8 Å². The van der Waals surface area contributed by atoms with Gasteiger partial charge in [-0.15, -0.1) is 11.8 Å². The molecule has 2 saturated heterocycles. The van der Waals surface area contributed by atoms with E-state index in [0.717, 1.165) is 38.8 Å². The first-order chi connectivity index (χ1) is 12.1. The van der Waals surface area contributed by atoms with Crippen LogP contribution in [-0.4, -0.2) is 77.8 Å². The maximum Gasteiger partial charge on any atom is 0.329 e. The molecule has 0 aromatic rings. The molecule has 7 heteroatoms. The highest BCUT2D eigenvalue weighted by molar-refractivity contribution is 8.01. The fourth-order valence-electron chi connectivity index (χ4n) is 4.10. The molecule has 142 valence electrons. The Morgan fingerprint density at radius 2 is 1.92 bits per heavy atom. The third-order valence-corrected chi connectivity index (χ3v) is 7.23. The molecule has 1 atom stereocenters. The van der Waals surface area contributed by atoms with E-state index >= 15 is 0 Å². The number of ether oxygens (including phenoxy) is 2. The highest BCUT2D eigenvalue weighted by atomic mass is 32.2. The molecule has 1 aliphatic carbocycles. The molecule has 2 heterocycles. The molecule has 0 aromatic carbocycles.